The molecule has 178 valence electrons. The van der Waals surface area contributed by atoms with Crippen molar-refractivity contribution in [3.63, 3.8) is 0 Å². The molecule has 2 amide bonds. The van der Waals surface area contributed by atoms with E-state index >= 15 is 0 Å². The first kappa shape index (κ1) is 23.4. The third-order valence-electron chi connectivity index (χ3n) is 4.92. The number of benzene rings is 1. The Morgan fingerprint density at radius 3 is 2.74 bits per heavy atom. The Balaban J connectivity index is 1.48. The zero-order chi connectivity index (χ0) is 24.6. The standard InChI is InChI=1S/C19H15F2N5O6S2/c20-9-2-1-8(3-10(9)21)32-4-7-5-33-17-13(16(28)26(17)14(7)18(29)30)24-15(27)12(25-31)11-6-34-19(22)23-11/h1-3,6,13,17,31H,4-5H2,(H2,22,23)(H,24,27)(H,29,30)/b25-12-/t13?,17-/m1/s1. The number of nitrogen functional groups attached to an aromatic ring is 1. The van der Waals surface area contributed by atoms with E-state index in [0.717, 1.165) is 28.4 Å². The predicted octanol–water partition coefficient (Wildman–Crippen LogP) is 0.999. The summed E-state index contributed by atoms with van der Waals surface area (Å²) in [7, 11) is 0. The van der Waals surface area contributed by atoms with E-state index < -0.39 is 46.5 Å². The van der Waals surface area contributed by atoms with Gasteiger partial charge in [0.05, 0.1) is 0 Å². The van der Waals surface area contributed by atoms with E-state index in [9.17, 15) is 33.5 Å². The number of ether oxygens (including phenoxy) is 1. The van der Waals surface area contributed by atoms with E-state index in [2.05, 4.69) is 15.5 Å². The number of nitrogens with zero attached hydrogens (tertiary/aromatic N) is 3. The molecule has 2 aliphatic heterocycles. The second-order valence-electron chi connectivity index (χ2n) is 7.00. The highest BCUT2D eigenvalue weighted by atomic mass is 32.2. The van der Waals surface area contributed by atoms with Crippen LogP contribution in [0.25, 0.3) is 0 Å². The summed E-state index contributed by atoms with van der Waals surface area (Å²) in [4.78, 5) is 42.0. The topological polar surface area (TPSA) is 167 Å². The summed E-state index contributed by atoms with van der Waals surface area (Å²) in [6.45, 7) is -0.278. The van der Waals surface area contributed by atoms with Crippen LogP contribution in [0.3, 0.4) is 0 Å². The Kier molecular flexibility index (Phi) is 6.39. The number of carboxylic acid groups (broad SMARTS) is 1. The molecule has 2 aromatic rings. The number of amides is 2. The van der Waals surface area contributed by atoms with Gasteiger partial charge >= 0.3 is 5.97 Å². The number of nitrogens with two attached hydrogens (primary N) is 1. The molecule has 1 unspecified atom stereocenters. The van der Waals surface area contributed by atoms with Crippen LogP contribution in [0.2, 0.25) is 0 Å². The molecular formula is C19H15F2N5O6S2. The minimum Gasteiger partial charge on any atom is -0.489 e. The van der Waals surface area contributed by atoms with Gasteiger partial charge in [-0.2, -0.15) is 0 Å². The Morgan fingerprint density at radius 2 is 2.12 bits per heavy atom. The smallest absolute Gasteiger partial charge is 0.352 e. The van der Waals surface area contributed by atoms with E-state index in [4.69, 9.17) is 10.5 Å². The Bertz CT molecular complexity index is 1250. The number of nitrogens with one attached hydrogen (secondary N) is 1. The minimum atomic E-state index is -1.39. The number of carboxylic acids is 1. The molecule has 0 bridgehead atoms. The van der Waals surface area contributed by atoms with E-state index in [0.29, 0.717) is 0 Å². The summed E-state index contributed by atoms with van der Waals surface area (Å²) in [5, 5.41) is 25.1. The van der Waals surface area contributed by atoms with E-state index in [1.165, 1.54) is 23.2 Å². The highest BCUT2D eigenvalue weighted by Gasteiger charge is 2.54. The number of thiazole rings is 1. The first-order valence-corrected chi connectivity index (χ1v) is 11.4. The van der Waals surface area contributed by atoms with E-state index in [-0.39, 0.29) is 40.2 Å². The van der Waals surface area contributed by atoms with Crippen molar-refractivity contribution in [3.05, 3.63) is 52.2 Å². The second-order valence-corrected chi connectivity index (χ2v) is 9.00. The third kappa shape index (κ3) is 4.26. The number of anilines is 1. The quantitative estimate of drug-likeness (QED) is 0.183. The number of rotatable bonds is 7. The van der Waals surface area contributed by atoms with Crippen LogP contribution >= 0.6 is 23.1 Å². The van der Waals surface area contributed by atoms with Crippen molar-refractivity contribution in [2.75, 3.05) is 18.1 Å². The molecule has 11 nitrogen and oxygen atoms in total. The molecular weight excluding hydrogens is 496 g/mol. The highest BCUT2D eigenvalue weighted by Crippen LogP contribution is 2.40. The molecule has 1 aromatic heterocycles. The lowest BCUT2D eigenvalue weighted by molar-refractivity contribution is -0.150. The average molecular weight is 511 g/mol. The maximum atomic E-state index is 13.4. The molecule has 3 heterocycles. The zero-order valence-electron chi connectivity index (χ0n) is 16.9. The van der Waals surface area contributed by atoms with Crippen LogP contribution in [0.15, 0.2) is 40.0 Å². The third-order valence-corrected chi connectivity index (χ3v) is 6.93. The fourth-order valence-electron chi connectivity index (χ4n) is 3.35. The van der Waals surface area contributed by atoms with Crippen molar-refractivity contribution < 1.29 is 38.2 Å². The first-order valence-electron chi connectivity index (χ1n) is 9.43. The average Bonchev–Trinajstić information content (AvgIpc) is 3.23. The lowest BCUT2D eigenvalue weighted by atomic mass is 10.0. The van der Waals surface area contributed by atoms with Gasteiger partial charge in [0.15, 0.2) is 22.5 Å². The van der Waals surface area contributed by atoms with Gasteiger partial charge in [-0.25, -0.2) is 18.6 Å². The lowest BCUT2D eigenvalue weighted by Gasteiger charge is -2.49. The lowest BCUT2D eigenvalue weighted by Crippen LogP contribution is -2.71. The number of β-lactam (4-membered cyclic amide) rings is 1. The van der Waals surface area contributed by atoms with E-state index in [1.807, 2.05) is 0 Å². The summed E-state index contributed by atoms with van der Waals surface area (Å²) in [5.74, 6) is -5.02. The molecule has 0 aliphatic carbocycles. The fourth-order valence-corrected chi connectivity index (χ4v) is 5.23. The van der Waals surface area contributed by atoms with Crippen LogP contribution in [-0.4, -0.2) is 67.5 Å². The number of halogens is 2. The number of carbonyl (C=O) groups excluding carboxylic acids is 2. The van der Waals surface area contributed by atoms with Crippen molar-refractivity contribution in [3.8, 4) is 5.75 Å². The first-order chi connectivity index (χ1) is 16.2. The molecule has 2 aliphatic rings. The number of carbonyl (C=O) groups is 3. The van der Waals surface area contributed by atoms with Gasteiger partial charge in [0.1, 0.15) is 35.2 Å². The van der Waals surface area contributed by atoms with Gasteiger partial charge in [-0.3, -0.25) is 14.5 Å². The van der Waals surface area contributed by atoms with Gasteiger partial charge in [0.25, 0.3) is 11.8 Å². The van der Waals surface area contributed by atoms with Gasteiger partial charge < -0.3 is 26.1 Å². The van der Waals surface area contributed by atoms with Gasteiger partial charge in [0, 0.05) is 22.8 Å². The SMILES string of the molecule is Nc1nc(/C(=N/O)C(=O)NC2C(=O)N3C(C(=O)O)=C(COc4ccc(F)c(F)c4)CS[C@H]23)cs1. The molecule has 1 saturated heterocycles. The summed E-state index contributed by atoms with van der Waals surface area (Å²) < 4.78 is 31.8. The molecule has 0 spiro atoms. The highest BCUT2D eigenvalue weighted by molar-refractivity contribution is 8.00. The number of hydrogen-bond acceptors (Lipinski definition) is 10. The molecule has 2 atom stereocenters. The molecule has 1 aromatic carbocycles. The maximum absolute atomic E-state index is 13.4. The number of hydrogen-bond donors (Lipinski definition) is 4. The Labute approximate surface area is 197 Å². The normalized spacial score (nSPS) is 20.0. The molecule has 1 fully saturated rings. The van der Waals surface area contributed by atoms with Crippen LogP contribution in [0, 0.1) is 11.6 Å². The predicted molar refractivity (Wildman–Crippen MR) is 116 cm³/mol. The van der Waals surface area contributed by atoms with Crippen molar-refractivity contribution in [2.45, 2.75) is 11.4 Å². The number of aromatic nitrogens is 1. The molecule has 4 rings (SSSR count). The van der Waals surface area contributed by atoms with Gasteiger partial charge in [-0.15, -0.1) is 23.1 Å². The Hall–Kier alpha value is -3.72. The van der Waals surface area contributed by atoms with Crippen molar-refractivity contribution in [1.29, 1.82) is 0 Å². The number of thioether (sulfide) groups is 1. The van der Waals surface area contributed by atoms with Crippen LogP contribution in [0.5, 0.6) is 5.75 Å². The fraction of sp³-hybridized carbons (Fsp3) is 0.211. The van der Waals surface area contributed by atoms with Crippen molar-refractivity contribution in [2.24, 2.45) is 5.16 Å². The summed E-state index contributed by atoms with van der Waals surface area (Å²) >= 11 is 2.20. The molecule has 34 heavy (non-hydrogen) atoms. The number of oxime groups is 1. The number of fused-ring (bicyclic) bond motifs is 1. The zero-order valence-corrected chi connectivity index (χ0v) is 18.5. The number of aliphatic carboxylic acids is 1. The maximum Gasteiger partial charge on any atom is 0.352 e. The van der Waals surface area contributed by atoms with Crippen LogP contribution in [0.1, 0.15) is 5.69 Å². The van der Waals surface area contributed by atoms with Gasteiger partial charge in [-0.05, 0) is 12.1 Å². The van der Waals surface area contributed by atoms with Gasteiger partial charge in [-0.1, -0.05) is 5.16 Å². The van der Waals surface area contributed by atoms with Gasteiger partial charge in [0.2, 0.25) is 0 Å². The summed E-state index contributed by atoms with van der Waals surface area (Å²) in [6.07, 6.45) is 0. The van der Waals surface area contributed by atoms with Crippen molar-refractivity contribution in [1.82, 2.24) is 15.2 Å². The largest absolute Gasteiger partial charge is 0.489 e. The minimum absolute atomic E-state index is 0.0122. The monoisotopic (exact) mass is 511 g/mol. The molecule has 0 saturated carbocycles. The molecule has 5 N–H and O–H groups in total. The molecule has 15 heteroatoms. The van der Waals surface area contributed by atoms with E-state index in [1.54, 1.807) is 0 Å². The summed E-state index contributed by atoms with van der Waals surface area (Å²) in [5.41, 5.74) is 5.02. The van der Waals surface area contributed by atoms with Crippen LogP contribution < -0.4 is 15.8 Å². The molecule has 0 radical (unpaired) electrons. The summed E-state index contributed by atoms with van der Waals surface area (Å²) in [6, 6.07) is 1.81. The second kappa shape index (κ2) is 9.26. The van der Waals surface area contributed by atoms with Crippen LogP contribution in [0.4, 0.5) is 13.9 Å². The van der Waals surface area contributed by atoms with Crippen LogP contribution in [-0.2, 0) is 14.4 Å². The Morgan fingerprint density at radius 1 is 1.35 bits per heavy atom. The van der Waals surface area contributed by atoms with Crippen molar-refractivity contribution >= 4 is 51.7 Å².